The van der Waals surface area contributed by atoms with Gasteiger partial charge in [-0.05, 0) is 24.6 Å². The van der Waals surface area contributed by atoms with Crippen LogP contribution in [0.25, 0.3) is 0 Å². The molecule has 0 bridgehead atoms. The van der Waals surface area contributed by atoms with E-state index in [1.165, 1.54) is 35.6 Å². The van der Waals surface area contributed by atoms with Crippen LogP contribution in [0.5, 0.6) is 0 Å². The lowest BCUT2D eigenvalue weighted by Crippen LogP contribution is -2.14. The number of nitrogens with one attached hydrogen (secondary N) is 1. The summed E-state index contributed by atoms with van der Waals surface area (Å²) in [6.07, 6.45) is 0. The lowest BCUT2D eigenvalue weighted by molar-refractivity contribution is 0.600. The standard InChI is InChI=1S/C11H11FN2O2S2/c1-8-6-17-11(13-8)14-18(15,16)7-9-2-4-10(12)5-3-9/h2-6H,7H2,1H3,(H,13,14). The molecule has 0 saturated carbocycles. The third kappa shape index (κ3) is 3.51. The quantitative estimate of drug-likeness (QED) is 0.939. The highest BCUT2D eigenvalue weighted by atomic mass is 32.2. The summed E-state index contributed by atoms with van der Waals surface area (Å²) in [6, 6.07) is 5.36. The molecule has 1 aromatic carbocycles. The van der Waals surface area contributed by atoms with Gasteiger partial charge in [0.1, 0.15) is 5.82 Å². The Morgan fingerprint density at radius 2 is 2.00 bits per heavy atom. The molecular weight excluding hydrogens is 275 g/mol. The van der Waals surface area contributed by atoms with Crippen LogP contribution in [0.2, 0.25) is 0 Å². The van der Waals surface area contributed by atoms with E-state index in [9.17, 15) is 12.8 Å². The molecule has 0 radical (unpaired) electrons. The SMILES string of the molecule is Cc1csc(NS(=O)(=O)Cc2ccc(F)cc2)n1. The average Bonchev–Trinajstić information content (AvgIpc) is 2.66. The first kappa shape index (κ1) is 13.0. The van der Waals surface area contributed by atoms with Crippen molar-refractivity contribution in [3.8, 4) is 0 Å². The first-order chi connectivity index (χ1) is 8.44. The zero-order valence-corrected chi connectivity index (χ0v) is 11.2. The minimum Gasteiger partial charge on any atom is -0.258 e. The molecule has 1 aromatic heterocycles. The maximum atomic E-state index is 12.7. The van der Waals surface area contributed by atoms with Gasteiger partial charge >= 0.3 is 0 Å². The van der Waals surface area contributed by atoms with Crippen LogP contribution >= 0.6 is 11.3 Å². The van der Waals surface area contributed by atoms with Crippen molar-refractivity contribution in [1.29, 1.82) is 0 Å². The number of halogens is 1. The topological polar surface area (TPSA) is 59.1 Å². The Hall–Kier alpha value is -1.47. The van der Waals surface area contributed by atoms with Crippen LogP contribution in [0.15, 0.2) is 29.6 Å². The lowest BCUT2D eigenvalue weighted by atomic mass is 10.2. The second kappa shape index (κ2) is 5.03. The number of aryl methyl sites for hydroxylation is 1. The summed E-state index contributed by atoms with van der Waals surface area (Å²) in [6.45, 7) is 1.79. The first-order valence-corrected chi connectivity index (χ1v) is 7.65. The molecule has 0 aliphatic carbocycles. The molecule has 0 fully saturated rings. The summed E-state index contributed by atoms with van der Waals surface area (Å²) in [5, 5.41) is 2.10. The largest absolute Gasteiger partial charge is 0.258 e. The molecule has 96 valence electrons. The van der Waals surface area contributed by atoms with E-state index in [1.807, 2.05) is 0 Å². The van der Waals surface area contributed by atoms with Crippen LogP contribution in [0.1, 0.15) is 11.3 Å². The van der Waals surface area contributed by atoms with Gasteiger partial charge in [0.2, 0.25) is 10.0 Å². The number of sulfonamides is 1. The molecule has 0 spiro atoms. The molecule has 0 aliphatic rings. The van der Waals surface area contributed by atoms with E-state index in [1.54, 1.807) is 12.3 Å². The van der Waals surface area contributed by atoms with Crippen molar-refractivity contribution in [2.24, 2.45) is 0 Å². The highest BCUT2D eigenvalue weighted by molar-refractivity contribution is 7.92. The van der Waals surface area contributed by atoms with Gasteiger partial charge in [0.25, 0.3) is 0 Å². The van der Waals surface area contributed by atoms with Crippen molar-refractivity contribution in [1.82, 2.24) is 4.98 Å². The maximum absolute atomic E-state index is 12.7. The fraction of sp³-hybridized carbons (Fsp3) is 0.182. The molecule has 4 nitrogen and oxygen atoms in total. The van der Waals surface area contributed by atoms with E-state index >= 15 is 0 Å². The van der Waals surface area contributed by atoms with Gasteiger partial charge in [-0.1, -0.05) is 12.1 Å². The van der Waals surface area contributed by atoms with Gasteiger partial charge in [0.15, 0.2) is 5.13 Å². The van der Waals surface area contributed by atoms with Gasteiger partial charge in [-0.15, -0.1) is 11.3 Å². The van der Waals surface area contributed by atoms with E-state index in [0.29, 0.717) is 10.7 Å². The van der Waals surface area contributed by atoms with E-state index in [0.717, 1.165) is 5.69 Å². The van der Waals surface area contributed by atoms with E-state index < -0.39 is 10.0 Å². The van der Waals surface area contributed by atoms with Crippen LogP contribution < -0.4 is 4.72 Å². The minimum absolute atomic E-state index is 0.202. The number of rotatable bonds is 4. The Labute approximate surface area is 109 Å². The lowest BCUT2D eigenvalue weighted by Gasteiger charge is -2.05. The normalized spacial score (nSPS) is 11.4. The molecule has 1 N–H and O–H groups in total. The summed E-state index contributed by atoms with van der Waals surface area (Å²) < 4.78 is 38.7. The molecule has 0 unspecified atom stereocenters. The average molecular weight is 286 g/mol. The number of anilines is 1. The van der Waals surface area contributed by atoms with Crippen molar-refractivity contribution in [3.63, 3.8) is 0 Å². The van der Waals surface area contributed by atoms with Crippen LogP contribution in [0.4, 0.5) is 9.52 Å². The summed E-state index contributed by atoms with van der Waals surface area (Å²) in [5.41, 5.74) is 1.29. The summed E-state index contributed by atoms with van der Waals surface area (Å²) >= 11 is 1.23. The highest BCUT2D eigenvalue weighted by Gasteiger charge is 2.13. The molecular formula is C11H11FN2O2S2. The second-order valence-corrected chi connectivity index (χ2v) is 6.36. The zero-order chi connectivity index (χ0) is 13.2. The summed E-state index contributed by atoms with van der Waals surface area (Å²) in [4.78, 5) is 4.02. The van der Waals surface area contributed by atoms with E-state index in [-0.39, 0.29) is 11.6 Å². The van der Waals surface area contributed by atoms with Crippen molar-refractivity contribution >= 4 is 26.5 Å². The number of aromatic nitrogens is 1. The molecule has 2 aromatic rings. The van der Waals surface area contributed by atoms with Gasteiger partial charge in [-0.25, -0.2) is 17.8 Å². The predicted molar refractivity (Wildman–Crippen MR) is 69.5 cm³/mol. The van der Waals surface area contributed by atoms with E-state index in [4.69, 9.17) is 0 Å². The number of hydrogen-bond acceptors (Lipinski definition) is 4. The molecule has 0 saturated heterocycles. The molecule has 0 aliphatic heterocycles. The fourth-order valence-corrected chi connectivity index (χ4v) is 3.49. The number of benzene rings is 1. The van der Waals surface area contributed by atoms with Gasteiger partial charge in [-0.2, -0.15) is 0 Å². The third-order valence-corrected chi connectivity index (χ3v) is 4.35. The van der Waals surface area contributed by atoms with Crippen LogP contribution in [-0.2, 0) is 15.8 Å². The van der Waals surface area contributed by atoms with Crippen molar-refractivity contribution in [2.75, 3.05) is 4.72 Å². The van der Waals surface area contributed by atoms with Gasteiger partial charge in [0, 0.05) is 5.38 Å². The fourth-order valence-electron chi connectivity index (χ4n) is 1.37. The first-order valence-electron chi connectivity index (χ1n) is 5.12. The second-order valence-electron chi connectivity index (χ2n) is 3.78. The Morgan fingerprint density at radius 1 is 1.33 bits per heavy atom. The van der Waals surface area contributed by atoms with Crippen LogP contribution in [0, 0.1) is 12.7 Å². The Morgan fingerprint density at radius 3 is 2.56 bits per heavy atom. The third-order valence-electron chi connectivity index (χ3n) is 2.13. The molecule has 2 rings (SSSR count). The molecule has 7 heteroatoms. The van der Waals surface area contributed by atoms with Crippen molar-refractivity contribution in [2.45, 2.75) is 12.7 Å². The molecule has 1 heterocycles. The van der Waals surface area contributed by atoms with Gasteiger partial charge in [-0.3, -0.25) is 4.72 Å². The number of nitrogens with zero attached hydrogens (tertiary/aromatic N) is 1. The smallest absolute Gasteiger partial charge is 0.238 e. The number of hydrogen-bond donors (Lipinski definition) is 1. The zero-order valence-electron chi connectivity index (χ0n) is 9.55. The maximum Gasteiger partial charge on any atom is 0.238 e. The van der Waals surface area contributed by atoms with E-state index in [2.05, 4.69) is 9.71 Å². The Balaban J connectivity index is 2.10. The van der Waals surface area contributed by atoms with Crippen LogP contribution in [-0.4, -0.2) is 13.4 Å². The van der Waals surface area contributed by atoms with Crippen molar-refractivity contribution in [3.05, 3.63) is 46.7 Å². The van der Waals surface area contributed by atoms with Gasteiger partial charge < -0.3 is 0 Å². The predicted octanol–water partition coefficient (Wildman–Crippen LogP) is 2.53. The minimum atomic E-state index is -3.51. The Bertz CT molecular complexity index is 635. The molecule has 18 heavy (non-hydrogen) atoms. The Kier molecular flexibility index (Phi) is 3.63. The summed E-state index contributed by atoms with van der Waals surface area (Å²) in [7, 11) is -3.51. The molecule has 0 amide bonds. The van der Waals surface area contributed by atoms with Gasteiger partial charge in [0.05, 0.1) is 11.4 Å². The van der Waals surface area contributed by atoms with Crippen LogP contribution in [0.3, 0.4) is 0 Å². The monoisotopic (exact) mass is 286 g/mol. The highest BCUT2D eigenvalue weighted by Crippen LogP contribution is 2.17. The molecule has 0 atom stereocenters. The summed E-state index contributed by atoms with van der Waals surface area (Å²) in [5.74, 6) is -0.592. The van der Waals surface area contributed by atoms with Crippen molar-refractivity contribution < 1.29 is 12.8 Å². The number of thiazole rings is 1.